The predicted molar refractivity (Wildman–Crippen MR) is 164 cm³/mol. The molecule has 3 unspecified atom stereocenters. The summed E-state index contributed by atoms with van der Waals surface area (Å²) in [5.74, 6) is 0.0471. The van der Waals surface area contributed by atoms with Gasteiger partial charge in [-0.25, -0.2) is 0 Å². The zero-order chi connectivity index (χ0) is 29.4. The van der Waals surface area contributed by atoms with Crippen LogP contribution in [0, 0.1) is 17.3 Å². The Morgan fingerprint density at radius 1 is 0.949 bits per heavy atom. The highest BCUT2D eigenvalue weighted by Crippen LogP contribution is 2.34. The number of amides is 4. The number of para-hydroxylation sites is 1. The predicted octanol–water partition coefficient (Wildman–Crippen LogP) is 4.79. The van der Waals surface area contributed by atoms with E-state index in [0.29, 0.717) is 43.6 Å². The molecule has 0 fully saturated rings. The third-order valence-corrected chi connectivity index (χ3v) is 8.78. The van der Waals surface area contributed by atoms with Gasteiger partial charge in [0.05, 0.1) is 0 Å². The highest BCUT2D eigenvalue weighted by atomic mass is 33.1. The summed E-state index contributed by atoms with van der Waals surface area (Å²) in [4.78, 5) is 50.7. The van der Waals surface area contributed by atoms with Gasteiger partial charge in [0.1, 0.15) is 0 Å². The third-order valence-electron chi connectivity index (χ3n) is 6.37. The maximum atomic E-state index is 13.4. The smallest absolute Gasteiger partial charge is 0.246 e. The molecule has 0 aliphatic rings. The van der Waals surface area contributed by atoms with E-state index in [1.165, 1.54) is 0 Å². The van der Waals surface area contributed by atoms with Crippen molar-refractivity contribution in [2.45, 2.75) is 66.8 Å². The van der Waals surface area contributed by atoms with Crippen LogP contribution >= 0.6 is 21.6 Å². The molecule has 4 N–H and O–H groups in total. The first-order chi connectivity index (χ1) is 18.4. The van der Waals surface area contributed by atoms with E-state index in [1.807, 2.05) is 65.0 Å². The molecule has 0 heterocycles. The van der Waals surface area contributed by atoms with Crippen LogP contribution in [0.25, 0.3) is 0 Å². The first-order valence-corrected chi connectivity index (χ1v) is 16.0. The summed E-state index contributed by atoms with van der Waals surface area (Å²) < 4.78 is 0. The van der Waals surface area contributed by atoms with Crippen molar-refractivity contribution in [3.05, 3.63) is 42.5 Å². The molecule has 0 aliphatic carbocycles. The van der Waals surface area contributed by atoms with Gasteiger partial charge in [0.15, 0.2) is 0 Å². The number of hydrogen-bond acceptors (Lipinski definition) is 6. The summed E-state index contributed by atoms with van der Waals surface area (Å²) in [6, 6.07) is 9.22. The normalized spacial score (nSPS) is 14.0. The van der Waals surface area contributed by atoms with E-state index in [2.05, 4.69) is 27.8 Å². The van der Waals surface area contributed by atoms with Crippen LogP contribution in [0.15, 0.2) is 42.5 Å². The summed E-state index contributed by atoms with van der Waals surface area (Å²) in [6.07, 6.45) is 1.23. The molecule has 0 saturated carbocycles. The van der Waals surface area contributed by atoms with E-state index < -0.39 is 11.3 Å². The Bertz CT molecular complexity index is 958. The number of nitrogens with one attached hydrogen (secondary N) is 4. The Morgan fingerprint density at radius 2 is 1.54 bits per heavy atom. The van der Waals surface area contributed by atoms with Gasteiger partial charge < -0.3 is 21.3 Å². The fourth-order valence-electron chi connectivity index (χ4n) is 3.85. The third kappa shape index (κ3) is 13.4. The molecule has 3 atom stereocenters. The fourth-order valence-corrected chi connectivity index (χ4v) is 5.66. The number of rotatable bonds is 18. The van der Waals surface area contributed by atoms with Crippen LogP contribution in [0.5, 0.6) is 0 Å². The Balaban J connectivity index is 2.73. The lowest BCUT2D eigenvalue weighted by atomic mass is 9.75. The molecule has 0 spiro atoms. The van der Waals surface area contributed by atoms with E-state index in [1.54, 1.807) is 28.5 Å². The Labute approximate surface area is 242 Å². The largest absolute Gasteiger partial charge is 0.355 e. The molecule has 218 valence electrons. The lowest BCUT2D eigenvalue weighted by molar-refractivity contribution is -0.133. The molecule has 10 heteroatoms. The molecule has 0 bridgehead atoms. The van der Waals surface area contributed by atoms with Gasteiger partial charge in [-0.15, -0.1) is 0 Å². The minimum Gasteiger partial charge on any atom is -0.355 e. The van der Waals surface area contributed by atoms with Crippen LogP contribution in [-0.2, 0) is 19.2 Å². The van der Waals surface area contributed by atoms with E-state index in [4.69, 9.17) is 0 Å². The second kappa shape index (κ2) is 18.0. The van der Waals surface area contributed by atoms with Gasteiger partial charge >= 0.3 is 0 Å². The maximum absolute atomic E-state index is 13.4. The topological polar surface area (TPSA) is 116 Å². The number of anilines is 1. The first kappa shape index (κ1) is 34.6. The van der Waals surface area contributed by atoms with E-state index >= 15 is 0 Å². The molecule has 1 aromatic carbocycles. The van der Waals surface area contributed by atoms with Crippen molar-refractivity contribution < 1.29 is 19.2 Å². The van der Waals surface area contributed by atoms with Crippen molar-refractivity contribution >= 4 is 50.9 Å². The van der Waals surface area contributed by atoms with Gasteiger partial charge in [-0.3, -0.25) is 19.2 Å². The first-order valence-electron chi connectivity index (χ1n) is 13.5. The molecule has 0 aliphatic heterocycles. The molecule has 39 heavy (non-hydrogen) atoms. The van der Waals surface area contributed by atoms with Crippen LogP contribution in [0.1, 0.15) is 60.8 Å². The van der Waals surface area contributed by atoms with Crippen molar-refractivity contribution in [3.8, 4) is 0 Å². The van der Waals surface area contributed by atoms with Crippen molar-refractivity contribution in [2.24, 2.45) is 17.3 Å². The number of benzene rings is 1. The molecule has 4 amide bonds. The molecule has 0 radical (unpaired) electrons. The van der Waals surface area contributed by atoms with Crippen LogP contribution in [0.2, 0.25) is 0 Å². The van der Waals surface area contributed by atoms with Crippen LogP contribution in [0.4, 0.5) is 5.69 Å². The standard InChI is InChI=1S/C29H46N4O4S2/c1-8-29(7,28(37)31-15-17-39-38-16-14-30-25(34)20(2)3)19-23(18-22(6)26(35)32-21(4)5)27(36)33-24-12-10-9-11-13-24/h9-13,21-23H,2,8,14-19H2,1,3-7H3,(H,30,34)(H,31,37)(H,32,35)(H,33,36). The summed E-state index contributed by atoms with van der Waals surface area (Å²) >= 11 is 0. The van der Waals surface area contributed by atoms with Gasteiger partial charge in [0.2, 0.25) is 23.6 Å². The highest BCUT2D eigenvalue weighted by molar-refractivity contribution is 8.76. The molecular formula is C29H46N4O4S2. The van der Waals surface area contributed by atoms with Gasteiger partial charge in [0.25, 0.3) is 0 Å². The minimum absolute atomic E-state index is 0.00867. The number of carbonyl (C=O) groups excluding carboxylic acids is 4. The van der Waals surface area contributed by atoms with Gasteiger partial charge in [-0.2, -0.15) is 0 Å². The molecule has 0 aromatic heterocycles. The van der Waals surface area contributed by atoms with E-state index in [0.717, 1.165) is 11.5 Å². The maximum Gasteiger partial charge on any atom is 0.246 e. The van der Waals surface area contributed by atoms with Gasteiger partial charge in [0, 0.05) is 59.1 Å². The molecule has 8 nitrogen and oxygen atoms in total. The Morgan fingerprint density at radius 3 is 2.08 bits per heavy atom. The summed E-state index contributed by atoms with van der Waals surface area (Å²) in [5, 5.41) is 11.7. The minimum atomic E-state index is -0.766. The lowest BCUT2D eigenvalue weighted by Crippen LogP contribution is -2.43. The Hall–Kier alpha value is -2.46. The average molecular weight is 579 g/mol. The zero-order valence-corrected chi connectivity index (χ0v) is 25.9. The summed E-state index contributed by atoms with van der Waals surface area (Å²) in [7, 11) is 3.26. The van der Waals surface area contributed by atoms with Crippen molar-refractivity contribution in [1.29, 1.82) is 0 Å². The zero-order valence-electron chi connectivity index (χ0n) is 24.2. The molecule has 1 aromatic rings. The average Bonchev–Trinajstić information content (AvgIpc) is 2.89. The van der Waals surface area contributed by atoms with Crippen molar-refractivity contribution in [1.82, 2.24) is 16.0 Å². The van der Waals surface area contributed by atoms with Crippen molar-refractivity contribution in [3.63, 3.8) is 0 Å². The van der Waals surface area contributed by atoms with Crippen molar-refractivity contribution in [2.75, 3.05) is 29.9 Å². The van der Waals surface area contributed by atoms with Crippen LogP contribution in [0.3, 0.4) is 0 Å². The quantitative estimate of drug-likeness (QED) is 0.113. The van der Waals surface area contributed by atoms with Crippen LogP contribution < -0.4 is 21.3 Å². The van der Waals surface area contributed by atoms with E-state index in [-0.39, 0.29) is 35.6 Å². The monoisotopic (exact) mass is 578 g/mol. The summed E-state index contributed by atoms with van der Waals surface area (Å²) in [6.45, 7) is 15.8. The second-order valence-electron chi connectivity index (χ2n) is 10.4. The molecular weight excluding hydrogens is 532 g/mol. The van der Waals surface area contributed by atoms with Crippen LogP contribution in [-0.4, -0.2) is 54.3 Å². The number of hydrogen-bond donors (Lipinski definition) is 4. The molecule has 1 rings (SSSR count). The SMILES string of the molecule is C=C(C)C(=O)NCCSSCCNC(=O)C(C)(CC)CC(CC(C)C(=O)NC(C)C)C(=O)Nc1ccccc1. The molecule has 0 saturated heterocycles. The highest BCUT2D eigenvalue weighted by Gasteiger charge is 2.37. The Kier molecular flexibility index (Phi) is 16.0. The summed E-state index contributed by atoms with van der Waals surface area (Å²) in [5.41, 5.74) is 0.406. The van der Waals surface area contributed by atoms with Gasteiger partial charge in [-0.05, 0) is 52.2 Å². The lowest BCUT2D eigenvalue weighted by Gasteiger charge is -2.32. The second-order valence-corrected chi connectivity index (χ2v) is 13.1. The fraction of sp³-hybridized carbons (Fsp3) is 0.586. The number of carbonyl (C=O) groups is 4. The van der Waals surface area contributed by atoms with Gasteiger partial charge in [-0.1, -0.05) is 67.1 Å². The van der Waals surface area contributed by atoms with E-state index in [9.17, 15) is 19.2 Å².